The van der Waals surface area contributed by atoms with Crippen LogP contribution in [0.1, 0.15) is 194 Å². The van der Waals surface area contributed by atoms with Crippen LogP contribution in [-0.4, -0.2) is 140 Å². The fourth-order valence-corrected chi connectivity index (χ4v) is 8.35. The molecule has 0 aromatic heterocycles. The SMILES string of the molecule is CCCCCCCCCCCCCCCCC/C=C/[C@@H](O)[C@H](CO[C@@H]1O[C@H](CO)[C@@H](O[C@@H]2O[C@H](CO)[C@H](O)C(O)C2O)C(O)C1O)NC(=O)CCCCCCCCCCCCC. The Morgan fingerprint density at radius 2 is 1.00 bits per heavy atom. The lowest BCUT2D eigenvalue weighted by atomic mass is 9.97. The molecular weight excluding hydrogens is 799 g/mol. The van der Waals surface area contributed by atoms with Crippen LogP contribution in [-0.2, 0) is 23.7 Å². The van der Waals surface area contributed by atoms with Gasteiger partial charge in [-0.15, -0.1) is 0 Å². The minimum Gasteiger partial charge on any atom is -0.394 e. The Labute approximate surface area is 374 Å². The zero-order chi connectivity index (χ0) is 45.4. The number of hydrogen-bond donors (Lipinski definition) is 9. The van der Waals surface area contributed by atoms with E-state index in [9.17, 15) is 45.6 Å². The summed E-state index contributed by atoms with van der Waals surface area (Å²) in [4.78, 5) is 13.1. The maximum Gasteiger partial charge on any atom is 0.220 e. The van der Waals surface area contributed by atoms with Crippen molar-refractivity contribution in [2.24, 2.45) is 0 Å². The van der Waals surface area contributed by atoms with Crippen LogP contribution in [0.25, 0.3) is 0 Å². The zero-order valence-electron chi connectivity index (χ0n) is 38.6. The molecule has 0 radical (unpaired) electrons. The molecule has 2 aliphatic heterocycles. The topological polar surface area (TPSA) is 228 Å². The number of hydrogen-bond acceptors (Lipinski definition) is 13. The third kappa shape index (κ3) is 23.3. The molecule has 2 rings (SSSR count). The second-order valence-electron chi connectivity index (χ2n) is 18.0. The molecule has 1 amide bonds. The van der Waals surface area contributed by atoms with Crippen molar-refractivity contribution in [3.63, 3.8) is 0 Å². The van der Waals surface area contributed by atoms with Crippen molar-refractivity contribution in [1.29, 1.82) is 0 Å². The highest BCUT2D eigenvalue weighted by molar-refractivity contribution is 5.76. The average molecular weight is 890 g/mol. The molecule has 0 aromatic carbocycles. The predicted octanol–water partition coefficient (Wildman–Crippen LogP) is 5.99. The van der Waals surface area contributed by atoms with Crippen molar-refractivity contribution in [3.05, 3.63) is 12.2 Å². The highest BCUT2D eigenvalue weighted by Gasteiger charge is 2.51. The normalized spacial score (nSPS) is 27.8. The summed E-state index contributed by atoms with van der Waals surface area (Å²) in [5, 5.41) is 86.6. The molecule has 9 N–H and O–H groups in total. The minimum atomic E-state index is -1.78. The second kappa shape index (κ2) is 35.9. The number of carbonyl (C=O) groups excluding carboxylic acids is 1. The van der Waals surface area contributed by atoms with Gasteiger partial charge in [0.25, 0.3) is 0 Å². The molecule has 2 fully saturated rings. The van der Waals surface area contributed by atoms with E-state index in [-0.39, 0.29) is 18.9 Å². The molecule has 0 aliphatic carbocycles. The second-order valence-corrected chi connectivity index (χ2v) is 18.0. The Hall–Kier alpha value is -1.27. The first-order chi connectivity index (χ1) is 30.1. The van der Waals surface area contributed by atoms with E-state index in [1.165, 1.54) is 128 Å². The first-order valence-corrected chi connectivity index (χ1v) is 24.9. The third-order valence-corrected chi connectivity index (χ3v) is 12.5. The van der Waals surface area contributed by atoms with E-state index in [2.05, 4.69) is 19.2 Å². The molecule has 62 heavy (non-hydrogen) atoms. The van der Waals surface area contributed by atoms with Crippen molar-refractivity contribution in [2.75, 3.05) is 19.8 Å². The Kier molecular flexibility index (Phi) is 32.9. The molecule has 366 valence electrons. The van der Waals surface area contributed by atoms with Gasteiger partial charge in [0.1, 0.15) is 48.8 Å². The first kappa shape index (κ1) is 56.9. The van der Waals surface area contributed by atoms with Crippen LogP contribution < -0.4 is 5.32 Å². The third-order valence-electron chi connectivity index (χ3n) is 12.5. The van der Waals surface area contributed by atoms with Gasteiger partial charge in [0.15, 0.2) is 12.6 Å². The summed E-state index contributed by atoms with van der Waals surface area (Å²) >= 11 is 0. The van der Waals surface area contributed by atoms with Gasteiger partial charge in [0, 0.05) is 6.42 Å². The van der Waals surface area contributed by atoms with Gasteiger partial charge in [0.2, 0.25) is 5.91 Å². The molecular formula is C48H91NO13. The molecule has 0 spiro atoms. The van der Waals surface area contributed by atoms with Gasteiger partial charge in [-0.2, -0.15) is 0 Å². The maximum absolute atomic E-state index is 13.1. The molecule has 0 saturated carbocycles. The van der Waals surface area contributed by atoms with E-state index in [4.69, 9.17) is 18.9 Å². The fourth-order valence-electron chi connectivity index (χ4n) is 8.35. The van der Waals surface area contributed by atoms with Crippen molar-refractivity contribution < 1.29 is 64.6 Å². The number of carbonyl (C=O) groups is 1. The van der Waals surface area contributed by atoms with Gasteiger partial charge < -0.3 is 65.1 Å². The van der Waals surface area contributed by atoms with Crippen molar-refractivity contribution in [2.45, 2.75) is 267 Å². The minimum absolute atomic E-state index is 0.240. The van der Waals surface area contributed by atoms with E-state index in [0.29, 0.717) is 6.42 Å². The van der Waals surface area contributed by atoms with E-state index in [1.807, 2.05) is 6.08 Å². The molecule has 4 unspecified atom stereocenters. The largest absolute Gasteiger partial charge is 0.394 e. The number of ether oxygens (including phenoxy) is 4. The summed E-state index contributed by atoms with van der Waals surface area (Å²) in [5.41, 5.74) is 0. The van der Waals surface area contributed by atoms with Gasteiger partial charge in [0.05, 0.1) is 32.0 Å². The molecule has 12 atom stereocenters. The van der Waals surface area contributed by atoms with E-state index in [0.717, 1.165) is 38.5 Å². The number of nitrogens with one attached hydrogen (secondary N) is 1. The molecule has 2 heterocycles. The van der Waals surface area contributed by atoms with Crippen molar-refractivity contribution in [3.8, 4) is 0 Å². The molecule has 2 saturated heterocycles. The lowest BCUT2D eigenvalue weighted by Gasteiger charge is -2.46. The van der Waals surface area contributed by atoms with Gasteiger partial charge in [-0.3, -0.25) is 4.79 Å². The van der Waals surface area contributed by atoms with Gasteiger partial charge >= 0.3 is 0 Å². The number of unbranched alkanes of at least 4 members (excludes halogenated alkanes) is 25. The smallest absolute Gasteiger partial charge is 0.220 e. The summed E-state index contributed by atoms with van der Waals surface area (Å²) in [7, 11) is 0. The van der Waals surface area contributed by atoms with Crippen LogP contribution in [0.15, 0.2) is 12.2 Å². The number of aliphatic hydroxyl groups excluding tert-OH is 8. The molecule has 0 bridgehead atoms. The Bertz CT molecular complexity index is 1100. The lowest BCUT2D eigenvalue weighted by Crippen LogP contribution is -2.65. The summed E-state index contributed by atoms with van der Waals surface area (Å²) < 4.78 is 22.7. The molecule has 0 aromatic rings. The van der Waals surface area contributed by atoms with Crippen molar-refractivity contribution >= 4 is 5.91 Å². The Morgan fingerprint density at radius 1 is 0.565 bits per heavy atom. The van der Waals surface area contributed by atoms with E-state index in [1.54, 1.807) is 6.08 Å². The molecule has 14 nitrogen and oxygen atoms in total. The molecule has 14 heteroatoms. The quantitative estimate of drug-likeness (QED) is 0.0257. The summed E-state index contributed by atoms with van der Waals surface area (Å²) in [6, 6.07) is -0.906. The van der Waals surface area contributed by atoms with Crippen LogP contribution in [0.4, 0.5) is 0 Å². The summed E-state index contributed by atoms with van der Waals surface area (Å²) in [6.07, 6.45) is 19.7. The van der Waals surface area contributed by atoms with Crippen LogP contribution in [0, 0.1) is 0 Å². The van der Waals surface area contributed by atoms with Gasteiger partial charge in [-0.1, -0.05) is 180 Å². The van der Waals surface area contributed by atoms with Crippen LogP contribution in [0.3, 0.4) is 0 Å². The highest BCUT2D eigenvalue weighted by atomic mass is 16.7. The van der Waals surface area contributed by atoms with Crippen LogP contribution >= 0.6 is 0 Å². The van der Waals surface area contributed by atoms with Gasteiger partial charge in [-0.25, -0.2) is 0 Å². The number of rotatable bonds is 38. The van der Waals surface area contributed by atoms with Gasteiger partial charge in [-0.05, 0) is 19.3 Å². The highest BCUT2D eigenvalue weighted by Crippen LogP contribution is 2.30. The van der Waals surface area contributed by atoms with E-state index < -0.39 is 86.8 Å². The van der Waals surface area contributed by atoms with Crippen molar-refractivity contribution in [1.82, 2.24) is 5.32 Å². The maximum atomic E-state index is 13.1. The summed E-state index contributed by atoms with van der Waals surface area (Å²) in [6.45, 7) is 2.77. The standard InChI is InChI=1S/C48H91NO13/c1-3-5-7-9-11-13-15-16-17-18-19-20-22-23-25-27-29-31-37(52)36(49-40(53)32-30-28-26-24-21-14-12-10-8-6-4-2)35-59-47-45(58)43(56)46(39(34-51)61-47)62-48-44(57)42(55)41(54)38(33-50)60-48/h29,31,36-39,41-48,50-52,54-58H,3-28,30,32-35H2,1-2H3,(H,49,53)/b31-29+/t36-,37+,38+,39+,41-,42?,43?,44?,45?,46+,47+,48-/m0/s1. The lowest BCUT2D eigenvalue weighted by molar-refractivity contribution is -0.359. The van der Waals surface area contributed by atoms with E-state index >= 15 is 0 Å². The number of allylic oxidation sites excluding steroid dienone is 1. The summed E-state index contributed by atoms with van der Waals surface area (Å²) in [5.74, 6) is -0.240. The van der Waals surface area contributed by atoms with Crippen LogP contribution in [0.5, 0.6) is 0 Å². The monoisotopic (exact) mass is 890 g/mol. The zero-order valence-corrected chi connectivity index (χ0v) is 38.6. The fraction of sp³-hybridized carbons (Fsp3) is 0.938. The predicted molar refractivity (Wildman–Crippen MR) is 240 cm³/mol. The Balaban J connectivity index is 1.86. The number of aliphatic hydroxyl groups is 8. The average Bonchev–Trinajstić information content (AvgIpc) is 3.27. The molecule has 2 aliphatic rings. The Morgan fingerprint density at radius 3 is 1.48 bits per heavy atom. The number of amides is 1. The van der Waals surface area contributed by atoms with Crippen LogP contribution in [0.2, 0.25) is 0 Å². The first-order valence-electron chi connectivity index (χ1n) is 24.9.